The molecule has 32 valence electrons. The molecule has 0 radical (unpaired) electrons. The van der Waals surface area contributed by atoms with Gasteiger partial charge in [0.25, 0.3) is 0 Å². The molecule has 0 saturated heterocycles. The molecular formula is CH4Br3-3. The highest BCUT2D eigenvalue weighted by atomic mass is 79.9. The van der Waals surface area contributed by atoms with Gasteiger partial charge in [0.1, 0.15) is 0 Å². The fourth-order valence-electron chi connectivity index (χ4n) is 0. The average Bonchev–Trinajstić information content (AvgIpc) is 0. The van der Waals surface area contributed by atoms with Crippen LogP contribution in [0, 0.1) is 0 Å². The summed E-state index contributed by atoms with van der Waals surface area (Å²) in [6.07, 6.45) is 0. The third kappa shape index (κ3) is 9.88. The molecule has 0 aromatic carbocycles. The van der Waals surface area contributed by atoms with Crippen LogP contribution >= 0.6 is 0 Å². The van der Waals surface area contributed by atoms with Crippen molar-refractivity contribution in [3.63, 3.8) is 0 Å². The maximum Gasteiger partial charge on any atom is -0.0776 e. The van der Waals surface area contributed by atoms with E-state index < -0.39 is 0 Å². The lowest BCUT2D eigenvalue weighted by molar-refractivity contribution is -0.00100. The molecule has 0 aliphatic carbocycles. The second-order valence-electron chi connectivity index (χ2n) is 0. The van der Waals surface area contributed by atoms with Gasteiger partial charge < -0.3 is 50.9 Å². The van der Waals surface area contributed by atoms with Crippen LogP contribution in [0.2, 0.25) is 0 Å². The predicted molar refractivity (Wildman–Crippen MR) is 6.73 cm³/mol. The van der Waals surface area contributed by atoms with Gasteiger partial charge in [0, 0.05) is 0 Å². The van der Waals surface area contributed by atoms with Crippen molar-refractivity contribution < 1.29 is 50.9 Å². The van der Waals surface area contributed by atoms with E-state index in [1.165, 1.54) is 0 Å². The molecule has 0 fully saturated rings. The number of rotatable bonds is 0. The van der Waals surface area contributed by atoms with Crippen LogP contribution in [0.5, 0.6) is 0 Å². The Hall–Kier alpha value is 1.44. The summed E-state index contributed by atoms with van der Waals surface area (Å²) in [5.41, 5.74) is 0. The van der Waals surface area contributed by atoms with Crippen molar-refractivity contribution in [2.24, 2.45) is 0 Å². The first-order valence-corrected chi connectivity index (χ1v) is 0. The van der Waals surface area contributed by atoms with E-state index in [0.29, 0.717) is 0 Å². The van der Waals surface area contributed by atoms with E-state index in [9.17, 15) is 0 Å². The zero-order valence-corrected chi connectivity index (χ0v) is 5.89. The van der Waals surface area contributed by atoms with Crippen molar-refractivity contribution in [3.05, 3.63) is 0 Å². The number of hydrogen-bond donors (Lipinski definition) is 0. The predicted octanol–water partition coefficient (Wildman–Crippen LogP) is -8.35. The first-order chi connectivity index (χ1) is 0. The SMILES string of the molecule is C.[Br-].[Br-].[Br-]. The highest BCUT2D eigenvalue weighted by molar-refractivity contribution is 2.50. The van der Waals surface area contributed by atoms with E-state index in [0.717, 1.165) is 0 Å². The minimum Gasteiger partial charge on any atom is -1.00 e. The van der Waals surface area contributed by atoms with Crippen LogP contribution in [0.3, 0.4) is 0 Å². The largest absolute Gasteiger partial charge is 1.00 e. The van der Waals surface area contributed by atoms with Gasteiger partial charge in [-0.15, -0.1) is 0 Å². The van der Waals surface area contributed by atoms with Gasteiger partial charge in [-0.25, -0.2) is 0 Å². The van der Waals surface area contributed by atoms with Gasteiger partial charge in [0.05, 0.1) is 0 Å². The number of hydrogen-bond acceptors (Lipinski definition) is 0. The molecule has 3 heteroatoms. The number of halogens is 3. The molecule has 0 aliphatic heterocycles. The van der Waals surface area contributed by atoms with Gasteiger partial charge in [-0.3, -0.25) is 0 Å². The Morgan fingerprint density at radius 1 is 0.500 bits per heavy atom. The molecule has 0 amide bonds. The fourth-order valence-corrected chi connectivity index (χ4v) is 0. The highest BCUT2D eigenvalue weighted by Crippen LogP contribution is 0.144. The topological polar surface area (TPSA) is 0 Å². The zero-order chi connectivity index (χ0) is 0. The van der Waals surface area contributed by atoms with Crippen LogP contribution in [0.1, 0.15) is 7.43 Å². The molecule has 0 aromatic rings. The Kier molecular flexibility index (Phi) is 328. The van der Waals surface area contributed by atoms with E-state index in [4.69, 9.17) is 0 Å². The molecular weight excluding hydrogens is 252 g/mol. The summed E-state index contributed by atoms with van der Waals surface area (Å²) in [7, 11) is 0. The van der Waals surface area contributed by atoms with Crippen molar-refractivity contribution in [1.29, 1.82) is 0 Å². The Labute approximate surface area is 58.3 Å². The molecule has 4 heavy (non-hydrogen) atoms. The third-order valence-electron chi connectivity index (χ3n) is 0. The normalized spacial score (nSPS) is 0. The summed E-state index contributed by atoms with van der Waals surface area (Å²) < 4.78 is 0. The van der Waals surface area contributed by atoms with Gasteiger partial charge in [-0.1, -0.05) is 7.43 Å². The van der Waals surface area contributed by atoms with E-state index >= 15 is 0 Å². The minimum absolute atomic E-state index is 0. The molecule has 0 aliphatic rings. The zero-order valence-electron chi connectivity index (χ0n) is 1.13. The minimum atomic E-state index is 0. The van der Waals surface area contributed by atoms with Gasteiger partial charge >= 0.3 is 0 Å². The van der Waals surface area contributed by atoms with E-state index in [-0.39, 0.29) is 58.4 Å². The molecule has 0 rings (SSSR count). The lowest BCUT2D eigenvalue weighted by Gasteiger charge is -1.00. The smallest absolute Gasteiger partial charge is 0.0776 e. The van der Waals surface area contributed by atoms with Crippen LogP contribution in [-0.2, 0) is 0 Å². The van der Waals surface area contributed by atoms with Crippen molar-refractivity contribution >= 4 is 0 Å². The second kappa shape index (κ2) is 25.3. The van der Waals surface area contributed by atoms with Crippen molar-refractivity contribution in [2.45, 2.75) is 7.43 Å². The van der Waals surface area contributed by atoms with Crippen LogP contribution in [0.4, 0.5) is 0 Å². The van der Waals surface area contributed by atoms with Crippen molar-refractivity contribution in [3.8, 4) is 0 Å². The summed E-state index contributed by atoms with van der Waals surface area (Å²) in [5.74, 6) is 0. The van der Waals surface area contributed by atoms with E-state index in [2.05, 4.69) is 0 Å². The Morgan fingerprint density at radius 3 is 0.500 bits per heavy atom. The molecule has 0 nitrogen and oxygen atoms in total. The van der Waals surface area contributed by atoms with Crippen molar-refractivity contribution in [2.75, 3.05) is 0 Å². The summed E-state index contributed by atoms with van der Waals surface area (Å²) in [6, 6.07) is 0. The van der Waals surface area contributed by atoms with E-state index in [1.807, 2.05) is 0 Å². The lowest BCUT2D eigenvalue weighted by Crippen LogP contribution is -3.00. The fraction of sp³-hybridized carbons (Fsp3) is 1.00. The average molecular weight is 256 g/mol. The summed E-state index contributed by atoms with van der Waals surface area (Å²) in [4.78, 5) is 0. The molecule has 0 unspecified atom stereocenters. The third-order valence-corrected chi connectivity index (χ3v) is 0. The molecule has 0 saturated carbocycles. The van der Waals surface area contributed by atoms with Gasteiger partial charge in [-0.05, 0) is 0 Å². The molecule has 0 spiro atoms. The molecule has 0 heterocycles. The Morgan fingerprint density at radius 2 is 0.500 bits per heavy atom. The quantitative estimate of drug-likeness (QED) is 0.404. The van der Waals surface area contributed by atoms with Gasteiger partial charge in [0.2, 0.25) is 0 Å². The molecule has 0 atom stereocenters. The maximum atomic E-state index is 0. The highest BCUT2D eigenvalue weighted by Gasteiger charge is -0.0776. The standard InChI is InChI=1S/CH4.3BrH/h1H4;3*1H/p-3. The van der Waals surface area contributed by atoms with Crippen LogP contribution in [0.25, 0.3) is 0 Å². The molecule has 0 N–H and O–H groups in total. The Balaban J connectivity index is 0. The summed E-state index contributed by atoms with van der Waals surface area (Å²) in [6.45, 7) is 0. The van der Waals surface area contributed by atoms with Crippen LogP contribution in [-0.4, -0.2) is 0 Å². The van der Waals surface area contributed by atoms with Gasteiger partial charge in [0.15, 0.2) is 0 Å². The lowest BCUT2D eigenvalue weighted by atomic mass is 12.0. The second-order valence-corrected chi connectivity index (χ2v) is 0. The van der Waals surface area contributed by atoms with Crippen LogP contribution < -0.4 is 50.9 Å². The Bertz CT molecular complexity index is 3.25. The molecule has 0 aromatic heterocycles. The maximum absolute atomic E-state index is 0. The van der Waals surface area contributed by atoms with Crippen molar-refractivity contribution in [1.82, 2.24) is 0 Å². The first kappa shape index (κ1) is 51.7. The first-order valence-electron chi connectivity index (χ1n) is 0. The summed E-state index contributed by atoms with van der Waals surface area (Å²) in [5, 5.41) is 0. The van der Waals surface area contributed by atoms with E-state index in [1.54, 1.807) is 0 Å². The summed E-state index contributed by atoms with van der Waals surface area (Å²) >= 11 is 0. The van der Waals surface area contributed by atoms with Crippen LogP contribution in [0.15, 0.2) is 0 Å². The molecule has 0 bridgehead atoms. The monoisotopic (exact) mass is 253 g/mol. The van der Waals surface area contributed by atoms with Gasteiger partial charge in [-0.2, -0.15) is 0 Å².